The molecule has 4 nitrogen and oxygen atoms in total. The molecule has 0 N–H and O–H groups in total. The third-order valence-corrected chi connectivity index (χ3v) is 6.35. The minimum atomic E-state index is -0.427. The first-order valence-corrected chi connectivity index (χ1v) is 11.1. The lowest BCUT2D eigenvalue weighted by Gasteiger charge is -2.32. The van der Waals surface area contributed by atoms with Gasteiger partial charge in [0.25, 0.3) is 5.56 Å². The molecule has 0 spiro atoms. The van der Waals surface area contributed by atoms with E-state index >= 15 is 0 Å². The summed E-state index contributed by atoms with van der Waals surface area (Å²) in [5.41, 5.74) is 2.25. The molecule has 4 rings (SSSR count). The van der Waals surface area contributed by atoms with Crippen LogP contribution < -0.4 is 5.56 Å². The average Bonchev–Trinajstić information content (AvgIpc) is 2.72. The highest BCUT2D eigenvalue weighted by Gasteiger charge is 2.19. The number of likely N-dealkylation sites (tertiary alicyclic amines) is 1. The number of piperidine rings is 1. The van der Waals surface area contributed by atoms with Gasteiger partial charge in [-0.2, -0.15) is 0 Å². The van der Waals surface area contributed by atoms with Crippen LogP contribution in [0.25, 0.3) is 11.0 Å². The van der Waals surface area contributed by atoms with Crippen LogP contribution in [0.3, 0.4) is 0 Å². The largest absolute Gasteiger partial charge is 0.305 e. The van der Waals surface area contributed by atoms with Crippen molar-refractivity contribution in [3.8, 4) is 0 Å². The first-order chi connectivity index (χ1) is 14.5. The van der Waals surface area contributed by atoms with Gasteiger partial charge in [0, 0.05) is 35.3 Å². The van der Waals surface area contributed by atoms with Crippen molar-refractivity contribution in [2.75, 3.05) is 19.6 Å². The van der Waals surface area contributed by atoms with Crippen molar-refractivity contribution in [2.45, 2.75) is 32.2 Å². The molecule has 30 heavy (non-hydrogen) atoms. The van der Waals surface area contributed by atoms with Crippen molar-refractivity contribution in [3.63, 3.8) is 0 Å². The van der Waals surface area contributed by atoms with E-state index in [2.05, 4.69) is 9.88 Å². The molecule has 1 aromatic carbocycles. The molecule has 3 aromatic rings. The number of halogens is 3. The van der Waals surface area contributed by atoms with E-state index in [0.29, 0.717) is 33.5 Å². The summed E-state index contributed by atoms with van der Waals surface area (Å²) in [4.78, 5) is 18.8. The molecule has 1 aliphatic heterocycles. The molecule has 1 fully saturated rings. The van der Waals surface area contributed by atoms with Gasteiger partial charge in [0.05, 0.1) is 17.2 Å². The van der Waals surface area contributed by atoms with E-state index in [-0.39, 0.29) is 5.56 Å². The van der Waals surface area contributed by atoms with Crippen molar-refractivity contribution in [1.29, 1.82) is 0 Å². The van der Waals surface area contributed by atoms with Crippen molar-refractivity contribution in [3.05, 3.63) is 74.4 Å². The molecule has 0 unspecified atom stereocenters. The van der Waals surface area contributed by atoms with E-state index in [1.165, 1.54) is 23.9 Å². The van der Waals surface area contributed by atoms with Gasteiger partial charge in [-0.25, -0.2) is 4.39 Å². The first kappa shape index (κ1) is 21.3. The van der Waals surface area contributed by atoms with E-state index in [9.17, 15) is 9.18 Å². The molecule has 0 atom stereocenters. The molecule has 2 aromatic heterocycles. The quantitative estimate of drug-likeness (QED) is 0.521. The fraction of sp³-hybridized carbons (Fsp3) is 0.391. The Morgan fingerprint density at radius 3 is 2.50 bits per heavy atom. The fourth-order valence-electron chi connectivity index (χ4n) is 4.24. The van der Waals surface area contributed by atoms with Gasteiger partial charge < -0.3 is 9.47 Å². The SMILES string of the molecule is O=c1ccc2ncc(F)cc2n1CCN1CCC(CCc2cc(Cl)cc(Cl)c2)CC1. The van der Waals surface area contributed by atoms with Gasteiger partial charge in [-0.15, -0.1) is 0 Å². The topological polar surface area (TPSA) is 38.1 Å². The fourth-order valence-corrected chi connectivity index (χ4v) is 4.81. The Labute approximate surface area is 185 Å². The third kappa shape index (κ3) is 5.20. The number of pyridine rings is 2. The Hall–Kier alpha value is -1.95. The molecule has 1 aliphatic rings. The number of rotatable bonds is 6. The van der Waals surface area contributed by atoms with Crippen LogP contribution in [-0.2, 0) is 13.0 Å². The standard InChI is InChI=1S/C23H24Cl2FN3O/c24-18-11-17(12-19(25)13-18)2-1-16-5-7-28(8-6-16)9-10-29-22-14-20(26)15-27-21(22)3-4-23(29)30/h3-4,11-16H,1-2,5-10H2. The summed E-state index contributed by atoms with van der Waals surface area (Å²) in [5, 5.41) is 1.37. The summed E-state index contributed by atoms with van der Waals surface area (Å²) >= 11 is 12.2. The second-order valence-electron chi connectivity index (χ2n) is 7.98. The third-order valence-electron chi connectivity index (χ3n) is 5.92. The van der Waals surface area contributed by atoms with Crippen LogP contribution in [0.4, 0.5) is 4.39 Å². The predicted octanol–water partition coefficient (Wildman–Crippen LogP) is 5.19. The summed E-state index contributed by atoms with van der Waals surface area (Å²) < 4.78 is 15.2. The second kappa shape index (κ2) is 9.46. The van der Waals surface area contributed by atoms with Crippen molar-refractivity contribution >= 4 is 34.2 Å². The number of fused-ring (bicyclic) bond motifs is 1. The van der Waals surface area contributed by atoms with Crippen LogP contribution in [-0.4, -0.2) is 34.1 Å². The van der Waals surface area contributed by atoms with Gasteiger partial charge in [0.1, 0.15) is 5.82 Å². The van der Waals surface area contributed by atoms with Gasteiger partial charge >= 0.3 is 0 Å². The summed E-state index contributed by atoms with van der Waals surface area (Å²) in [6.07, 6.45) is 5.55. The van der Waals surface area contributed by atoms with E-state index < -0.39 is 5.82 Å². The molecule has 7 heteroatoms. The van der Waals surface area contributed by atoms with Gasteiger partial charge in [-0.3, -0.25) is 9.78 Å². The van der Waals surface area contributed by atoms with Crippen LogP contribution in [0.5, 0.6) is 0 Å². The van der Waals surface area contributed by atoms with Gasteiger partial charge in [0.15, 0.2) is 0 Å². The summed E-state index contributed by atoms with van der Waals surface area (Å²) in [7, 11) is 0. The zero-order valence-corrected chi connectivity index (χ0v) is 18.2. The lowest BCUT2D eigenvalue weighted by molar-refractivity contribution is 0.174. The van der Waals surface area contributed by atoms with Crippen LogP contribution in [0.15, 0.2) is 47.4 Å². The Morgan fingerprint density at radius 1 is 1.03 bits per heavy atom. The van der Waals surface area contributed by atoms with Crippen LogP contribution in [0.1, 0.15) is 24.8 Å². The Morgan fingerprint density at radius 2 is 1.77 bits per heavy atom. The number of nitrogens with zero attached hydrogens (tertiary/aromatic N) is 3. The zero-order valence-electron chi connectivity index (χ0n) is 16.7. The first-order valence-electron chi connectivity index (χ1n) is 10.3. The Bertz CT molecular complexity index is 1070. The monoisotopic (exact) mass is 447 g/mol. The van der Waals surface area contributed by atoms with Crippen LogP contribution in [0, 0.1) is 11.7 Å². The summed E-state index contributed by atoms with van der Waals surface area (Å²) in [5.74, 6) is 0.251. The highest BCUT2D eigenvalue weighted by atomic mass is 35.5. The van der Waals surface area contributed by atoms with Gasteiger partial charge in [0.2, 0.25) is 0 Å². The summed E-state index contributed by atoms with van der Waals surface area (Å²) in [6, 6.07) is 10.3. The van der Waals surface area contributed by atoms with E-state index in [1.807, 2.05) is 12.1 Å². The van der Waals surface area contributed by atoms with Crippen LogP contribution >= 0.6 is 23.2 Å². The van der Waals surface area contributed by atoms with Crippen molar-refractivity contribution in [2.24, 2.45) is 5.92 Å². The molecule has 0 bridgehead atoms. The Kier molecular flexibility index (Phi) is 6.71. The molecule has 3 heterocycles. The molecular formula is C23H24Cl2FN3O. The average molecular weight is 448 g/mol. The molecule has 0 amide bonds. The molecule has 0 radical (unpaired) electrons. The number of aryl methyl sites for hydroxylation is 1. The van der Waals surface area contributed by atoms with Crippen LogP contribution in [0.2, 0.25) is 10.0 Å². The number of aromatic nitrogens is 2. The van der Waals surface area contributed by atoms with Crippen molar-refractivity contribution < 1.29 is 4.39 Å². The molecule has 0 aliphatic carbocycles. The Balaban J connectivity index is 1.30. The van der Waals surface area contributed by atoms with E-state index in [0.717, 1.165) is 45.3 Å². The van der Waals surface area contributed by atoms with Gasteiger partial charge in [-0.05, 0) is 74.5 Å². The number of benzene rings is 1. The lowest BCUT2D eigenvalue weighted by Crippen LogP contribution is -2.37. The highest BCUT2D eigenvalue weighted by molar-refractivity contribution is 6.34. The van der Waals surface area contributed by atoms with E-state index in [4.69, 9.17) is 23.2 Å². The predicted molar refractivity (Wildman–Crippen MR) is 120 cm³/mol. The second-order valence-corrected chi connectivity index (χ2v) is 8.86. The van der Waals surface area contributed by atoms with Gasteiger partial charge in [-0.1, -0.05) is 23.2 Å². The minimum absolute atomic E-state index is 0.120. The maximum Gasteiger partial charge on any atom is 0.251 e. The zero-order chi connectivity index (χ0) is 21.1. The number of hydrogen-bond donors (Lipinski definition) is 0. The smallest absolute Gasteiger partial charge is 0.251 e. The van der Waals surface area contributed by atoms with Crippen molar-refractivity contribution in [1.82, 2.24) is 14.5 Å². The highest BCUT2D eigenvalue weighted by Crippen LogP contribution is 2.25. The molecule has 1 saturated heterocycles. The molecule has 158 valence electrons. The molecular weight excluding hydrogens is 424 g/mol. The van der Waals surface area contributed by atoms with E-state index in [1.54, 1.807) is 16.7 Å². The maximum atomic E-state index is 13.6. The number of hydrogen-bond acceptors (Lipinski definition) is 3. The maximum absolute atomic E-state index is 13.6. The normalized spacial score (nSPS) is 15.7. The minimum Gasteiger partial charge on any atom is -0.305 e. The summed E-state index contributed by atoms with van der Waals surface area (Å²) in [6.45, 7) is 3.32. The molecule has 0 saturated carbocycles. The lowest BCUT2D eigenvalue weighted by atomic mass is 9.90.